The Balaban J connectivity index is 2.19. The first-order valence-corrected chi connectivity index (χ1v) is 6.61. The van der Waals surface area contributed by atoms with E-state index < -0.39 is 0 Å². The molecule has 0 saturated carbocycles. The number of rotatable bonds is 5. The zero-order valence-electron chi connectivity index (χ0n) is 11.4. The summed E-state index contributed by atoms with van der Waals surface area (Å²) in [5.41, 5.74) is 6.76. The van der Waals surface area contributed by atoms with E-state index in [9.17, 15) is 0 Å². The Morgan fingerprint density at radius 3 is 2.80 bits per heavy atom. The SMILES string of the molecule is COCc1nc(N)cc(NC(C)c2ccccc2Cl)n1. The molecule has 0 aliphatic carbocycles. The molecule has 0 saturated heterocycles. The molecule has 1 aromatic carbocycles. The van der Waals surface area contributed by atoms with Crippen LogP contribution in [0.15, 0.2) is 30.3 Å². The van der Waals surface area contributed by atoms with Crippen molar-refractivity contribution in [1.82, 2.24) is 9.97 Å². The van der Waals surface area contributed by atoms with E-state index in [-0.39, 0.29) is 6.04 Å². The number of aromatic nitrogens is 2. The van der Waals surface area contributed by atoms with Crippen LogP contribution in [0, 0.1) is 0 Å². The molecule has 0 bridgehead atoms. The molecule has 5 nitrogen and oxygen atoms in total. The molecule has 2 rings (SSSR count). The molecule has 0 fully saturated rings. The second-order valence-corrected chi connectivity index (χ2v) is 4.82. The van der Waals surface area contributed by atoms with Crippen molar-refractivity contribution in [2.45, 2.75) is 19.6 Å². The number of nitrogen functional groups attached to an aromatic ring is 1. The number of anilines is 2. The summed E-state index contributed by atoms with van der Waals surface area (Å²) in [6.07, 6.45) is 0. The fourth-order valence-electron chi connectivity index (χ4n) is 1.91. The first-order chi connectivity index (χ1) is 9.60. The largest absolute Gasteiger partial charge is 0.384 e. The summed E-state index contributed by atoms with van der Waals surface area (Å²) in [4.78, 5) is 8.44. The van der Waals surface area contributed by atoms with Gasteiger partial charge in [0, 0.05) is 18.2 Å². The van der Waals surface area contributed by atoms with Gasteiger partial charge in [-0.2, -0.15) is 0 Å². The van der Waals surface area contributed by atoms with Crippen LogP contribution in [0.1, 0.15) is 24.4 Å². The molecule has 0 amide bonds. The molecule has 1 unspecified atom stereocenters. The highest BCUT2D eigenvalue weighted by Crippen LogP contribution is 2.25. The minimum Gasteiger partial charge on any atom is -0.384 e. The highest BCUT2D eigenvalue weighted by molar-refractivity contribution is 6.31. The molecule has 106 valence electrons. The van der Waals surface area contributed by atoms with Gasteiger partial charge in [0.25, 0.3) is 0 Å². The third-order valence-electron chi connectivity index (χ3n) is 2.80. The standard InChI is InChI=1S/C14H17ClN4O/c1-9(10-5-3-4-6-11(10)15)17-13-7-12(16)18-14(19-13)8-20-2/h3-7,9H,8H2,1-2H3,(H3,16,17,18,19). The van der Waals surface area contributed by atoms with Crippen LogP contribution in [-0.4, -0.2) is 17.1 Å². The lowest BCUT2D eigenvalue weighted by Gasteiger charge is -2.17. The van der Waals surface area contributed by atoms with Crippen molar-refractivity contribution in [3.8, 4) is 0 Å². The van der Waals surface area contributed by atoms with Crippen molar-refractivity contribution in [3.63, 3.8) is 0 Å². The van der Waals surface area contributed by atoms with Crippen LogP contribution in [0.2, 0.25) is 5.02 Å². The molecule has 1 atom stereocenters. The number of hydrogen-bond acceptors (Lipinski definition) is 5. The van der Waals surface area contributed by atoms with Gasteiger partial charge in [0.05, 0.1) is 6.04 Å². The molecule has 0 aliphatic heterocycles. The summed E-state index contributed by atoms with van der Waals surface area (Å²) < 4.78 is 5.02. The molecule has 1 aromatic heterocycles. The van der Waals surface area contributed by atoms with Crippen LogP contribution in [0.25, 0.3) is 0 Å². The predicted molar refractivity (Wildman–Crippen MR) is 80.6 cm³/mol. The number of nitrogens with one attached hydrogen (secondary N) is 1. The molecular formula is C14H17ClN4O. The zero-order chi connectivity index (χ0) is 14.5. The number of methoxy groups -OCH3 is 1. The van der Waals surface area contributed by atoms with Gasteiger partial charge >= 0.3 is 0 Å². The van der Waals surface area contributed by atoms with E-state index in [0.29, 0.717) is 29.1 Å². The normalized spacial score (nSPS) is 12.2. The van der Waals surface area contributed by atoms with Gasteiger partial charge in [0.15, 0.2) is 5.82 Å². The van der Waals surface area contributed by atoms with Gasteiger partial charge in [0.1, 0.15) is 18.2 Å². The lowest BCUT2D eigenvalue weighted by Crippen LogP contribution is -2.11. The van der Waals surface area contributed by atoms with Crippen LogP contribution in [-0.2, 0) is 11.3 Å². The topological polar surface area (TPSA) is 73.1 Å². The smallest absolute Gasteiger partial charge is 0.158 e. The molecule has 0 radical (unpaired) electrons. The summed E-state index contributed by atoms with van der Waals surface area (Å²) in [6, 6.07) is 9.38. The van der Waals surface area contributed by atoms with E-state index >= 15 is 0 Å². The minimum absolute atomic E-state index is 0.00777. The predicted octanol–water partition coefficient (Wildman–Crippen LogP) is 3.03. The maximum atomic E-state index is 6.18. The molecule has 6 heteroatoms. The van der Waals surface area contributed by atoms with Gasteiger partial charge in [-0.25, -0.2) is 9.97 Å². The van der Waals surface area contributed by atoms with Gasteiger partial charge < -0.3 is 15.8 Å². The Morgan fingerprint density at radius 1 is 1.35 bits per heavy atom. The van der Waals surface area contributed by atoms with Gasteiger partial charge in [0.2, 0.25) is 0 Å². The van der Waals surface area contributed by atoms with Crippen molar-refractivity contribution in [2.24, 2.45) is 0 Å². The van der Waals surface area contributed by atoms with Gasteiger partial charge in [-0.15, -0.1) is 0 Å². The first-order valence-electron chi connectivity index (χ1n) is 6.23. The first kappa shape index (κ1) is 14.6. The Labute approximate surface area is 123 Å². The monoisotopic (exact) mass is 292 g/mol. The Bertz CT molecular complexity index is 591. The van der Waals surface area contributed by atoms with Crippen LogP contribution >= 0.6 is 11.6 Å². The van der Waals surface area contributed by atoms with E-state index in [0.717, 1.165) is 5.56 Å². The molecule has 2 aromatic rings. The number of nitrogens with zero attached hydrogens (tertiary/aromatic N) is 2. The van der Waals surface area contributed by atoms with Gasteiger partial charge in [-0.1, -0.05) is 29.8 Å². The van der Waals surface area contributed by atoms with Crippen molar-refractivity contribution < 1.29 is 4.74 Å². The second kappa shape index (κ2) is 6.54. The lowest BCUT2D eigenvalue weighted by molar-refractivity contribution is 0.178. The average Bonchev–Trinajstić information content (AvgIpc) is 2.38. The van der Waals surface area contributed by atoms with Crippen LogP contribution in [0.4, 0.5) is 11.6 Å². The number of hydrogen-bond donors (Lipinski definition) is 2. The number of ether oxygens (including phenoxy) is 1. The fraction of sp³-hybridized carbons (Fsp3) is 0.286. The molecule has 3 N–H and O–H groups in total. The fourth-order valence-corrected chi connectivity index (χ4v) is 2.21. The van der Waals surface area contributed by atoms with E-state index in [1.165, 1.54) is 0 Å². The summed E-state index contributed by atoms with van der Waals surface area (Å²) in [5.74, 6) is 1.60. The average molecular weight is 293 g/mol. The molecule has 0 aliphatic rings. The third kappa shape index (κ3) is 3.59. The maximum Gasteiger partial charge on any atom is 0.158 e. The van der Waals surface area contributed by atoms with Crippen molar-refractivity contribution in [3.05, 3.63) is 46.7 Å². The van der Waals surface area contributed by atoms with E-state index in [2.05, 4.69) is 15.3 Å². The molecule has 0 spiro atoms. The van der Waals surface area contributed by atoms with Crippen molar-refractivity contribution >= 4 is 23.2 Å². The highest BCUT2D eigenvalue weighted by atomic mass is 35.5. The Morgan fingerprint density at radius 2 is 2.10 bits per heavy atom. The lowest BCUT2D eigenvalue weighted by atomic mass is 10.1. The summed E-state index contributed by atoms with van der Waals surface area (Å²) in [6.45, 7) is 2.33. The van der Waals surface area contributed by atoms with Gasteiger partial charge in [-0.3, -0.25) is 0 Å². The second-order valence-electron chi connectivity index (χ2n) is 4.41. The third-order valence-corrected chi connectivity index (χ3v) is 3.15. The Hall–Kier alpha value is -1.85. The van der Waals surface area contributed by atoms with Crippen LogP contribution < -0.4 is 11.1 Å². The highest BCUT2D eigenvalue weighted by Gasteiger charge is 2.11. The maximum absolute atomic E-state index is 6.18. The Kier molecular flexibility index (Phi) is 4.76. The summed E-state index contributed by atoms with van der Waals surface area (Å²) in [7, 11) is 1.59. The van der Waals surface area contributed by atoms with E-state index in [1.807, 2.05) is 31.2 Å². The molecular weight excluding hydrogens is 276 g/mol. The van der Waals surface area contributed by atoms with E-state index in [4.69, 9.17) is 22.1 Å². The van der Waals surface area contributed by atoms with E-state index in [1.54, 1.807) is 13.2 Å². The number of benzene rings is 1. The quantitative estimate of drug-likeness (QED) is 0.886. The van der Waals surface area contributed by atoms with Crippen LogP contribution in [0.3, 0.4) is 0 Å². The molecule has 20 heavy (non-hydrogen) atoms. The van der Waals surface area contributed by atoms with Crippen molar-refractivity contribution in [1.29, 1.82) is 0 Å². The summed E-state index contributed by atoms with van der Waals surface area (Å²) in [5, 5.41) is 3.98. The van der Waals surface area contributed by atoms with Crippen LogP contribution in [0.5, 0.6) is 0 Å². The number of halogens is 1. The number of nitrogens with two attached hydrogens (primary N) is 1. The minimum atomic E-state index is 0.00777. The van der Waals surface area contributed by atoms with Gasteiger partial charge in [-0.05, 0) is 18.6 Å². The van der Waals surface area contributed by atoms with Crippen molar-refractivity contribution in [2.75, 3.05) is 18.2 Å². The zero-order valence-corrected chi connectivity index (χ0v) is 12.2. The molecule has 1 heterocycles. The summed E-state index contributed by atoms with van der Waals surface area (Å²) >= 11 is 6.18.